The molecule has 2 aromatic rings. The van der Waals surface area contributed by atoms with Crippen LogP contribution in [-0.2, 0) is 22.7 Å². The predicted octanol–water partition coefficient (Wildman–Crippen LogP) is 3.48. The fourth-order valence-electron chi connectivity index (χ4n) is 5.14. The molecule has 3 aliphatic rings. The number of nitrogens with zero attached hydrogens (tertiary/aromatic N) is 2. The van der Waals surface area contributed by atoms with E-state index in [9.17, 15) is 14.4 Å². The van der Waals surface area contributed by atoms with E-state index < -0.39 is 6.04 Å². The molecule has 32 heavy (non-hydrogen) atoms. The summed E-state index contributed by atoms with van der Waals surface area (Å²) >= 11 is 6.01. The predicted molar refractivity (Wildman–Crippen MR) is 121 cm³/mol. The SMILES string of the molecule is O=C1CCC(N2Cc3cc(CN4CCC(c5ccc(Cl)cc5)CC4)ccc3C2=O)C(=O)N1. The summed E-state index contributed by atoms with van der Waals surface area (Å²) in [7, 11) is 0. The first-order chi connectivity index (χ1) is 15.5. The van der Waals surface area contributed by atoms with Crippen LogP contribution in [0, 0.1) is 0 Å². The second-order valence-electron chi connectivity index (χ2n) is 8.99. The smallest absolute Gasteiger partial charge is 0.255 e. The number of carbonyl (C=O) groups is 3. The van der Waals surface area contributed by atoms with E-state index in [4.69, 9.17) is 11.6 Å². The van der Waals surface area contributed by atoms with Crippen LogP contribution in [0.1, 0.15) is 58.6 Å². The van der Waals surface area contributed by atoms with Gasteiger partial charge in [-0.05, 0) is 73.2 Å². The lowest BCUT2D eigenvalue weighted by Crippen LogP contribution is -2.52. The van der Waals surface area contributed by atoms with E-state index in [0.717, 1.165) is 43.1 Å². The van der Waals surface area contributed by atoms with Gasteiger partial charge in [-0.3, -0.25) is 24.6 Å². The summed E-state index contributed by atoms with van der Waals surface area (Å²) in [6.07, 6.45) is 2.90. The molecule has 0 saturated carbocycles. The fraction of sp³-hybridized carbons (Fsp3) is 0.400. The van der Waals surface area contributed by atoms with Crippen LogP contribution in [0.5, 0.6) is 0 Å². The molecule has 0 bridgehead atoms. The molecule has 166 valence electrons. The Morgan fingerprint density at radius 2 is 1.72 bits per heavy atom. The molecule has 3 heterocycles. The number of likely N-dealkylation sites (tertiary alicyclic amines) is 1. The molecular formula is C25H26ClN3O3. The number of amides is 3. The molecule has 2 aromatic carbocycles. The minimum Gasteiger partial charge on any atom is -0.322 e. The summed E-state index contributed by atoms with van der Waals surface area (Å²) in [5.41, 5.74) is 4.18. The Morgan fingerprint density at radius 3 is 2.44 bits per heavy atom. The minimum atomic E-state index is -0.567. The summed E-state index contributed by atoms with van der Waals surface area (Å²) < 4.78 is 0. The summed E-state index contributed by atoms with van der Waals surface area (Å²) in [4.78, 5) is 40.6. The van der Waals surface area contributed by atoms with Crippen molar-refractivity contribution >= 4 is 29.3 Å². The van der Waals surface area contributed by atoms with E-state index in [-0.39, 0.29) is 24.1 Å². The van der Waals surface area contributed by atoms with Crippen molar-refractivity contribution < 1.29 is 14.4 Å². The number of fused-ring (bicyclic) bond motifs is 1. The van der Waals surface area contributed by atoms with Crippen LogP contribution in [0.3, 0.4) is 0 Å². The number of hydrogen-bond acceptors (Lipinski definition) is 4. The zero-order valence-corrected chi connectivity index (χ0v) is 18.6. The van der Waals surface area contributed by atoms with Crippen LogP contribution in [0.25, 0.3) is 0 Å². The van der Waals surface area contributed by atoms with Crippen molar-refractivity contribution in [3.63, 3.8) is 0 Å². The number of halogens is 1. The van der Waals surface area contributed by atoms with Gasteiger partial charge >= 0.3 is 0 Å². The van der Waals surface area contributed by atoms with Crippen LogP contribution >= 0.6 is 11.6 Å². The van der Waals surface area contributed by atoms with Crippen molar-refractivity contribution in [3.8, 4) is 0 Å². The highest BCUT2D eigenvalue weighted by molar-refractivity contribution is 6.30. The van der Waals surface area contributed by atoms with E-state index in [2.05, 4.69) is 28.4 Å². The number of carbonyl (C=O) groups excluding carboxylic acids is 3. The monoisotopic (exact) mass is 451 g/mol. The van der Waals surface area contributed by atoms with Crippen LogP contribution in [0.2, 0.25) is 5.02 Å². The topological polar surface area (TPSA) is 69.7 Å². The Morgan fingerprint density at radius 1 is 0.969 bits per heavy atom. The first-order valence-electron chi connectivity index (χ1n) is 11.2. The zero-order valence-electron chi connectivity index (χ0n) is 17.9. The first kappa shape index (κ1) is 21.2. The van der Waals surface area contributed by atoms with Gasteiger partial charge in [-0.1, -0.05) is 35.9 Å². The van der Waals surface area contributed by atoms with Gasteiger partial charge in [-0.2, -0.15) is 0 Å². The summed E-state index contributed by atoms with van der Waals surface area (Å²) in [5.74, 6) is -0.184. The van der Waals surface area contributed by atoms with Gasteiger partial charge in [-0.15, -0.1) is 0 Å². The molecule has 1 N–H and O–H groups in total. The minimum absolute atomic E-state index is 0.121. The highest BCUT2D eigenvalue weighted by Gasteiger charge is 2.39. The van der Waals surface area contributed by atoms with Crippen molar-refractivity contribution in [2.45, 2.75) is 50.7 Å². The summed E-state index contributed by atoms with van der Waals surface area (Å²) in [6.45, 7) is 3.34. The van der Waals surface area contributed by atoms with Gasteiger partial charge in [0.1, 0.15) is 6.04 Å². The molecule has 1 atom stereocenters. The molecule has 0 spiro atoms. The van der Waals surface area contributed by atoms with Crippen molar-refractivity contribution in [1.82, 2.24) is 15.1 Å². The van der Waals surface area contributed by atoms with Crippen molar-refractivity contribution in [2.75, 3.05) is 13.1 Å². The maximum absolute atomic E-state index is 12.9. The molecule has 0 radical (unpaired) electrons. The fourth-order valence-corrected chi connectivity index (χ4v) is 5.27. The van der Waals surface area contributed by atoms with Crippen molar-refractivity contribution in [3.05, 3.63) is 69.7 Å². The third kappa shape index (κ3) is 4.17. The number of piperidine rings is 2. The van der Waals surface area contributed by atoms with Gasteiger partial charge in [0, 0.05) is 30.1 Å². The Hall–Kier alpha value is -2.70. The van der Waals surface area contributed by atoms with Gasteiger partial charge in [0.2, 0.25) is 11.8 Å². The standard InChI is InChI=1S/C25H26ClN3O3/c26-20-4-2-17(3-5-20)18-9-11-28(12-10-18)14-16-1-6-21-19(13-16)15-29(25(21)32)22-7-8-23(30)27-24(22)31/h1-6,13,18,22H,7-12,14-15H2,(H,27,30,31). The number of rotatable bonds is 4. The lowest BCUT2D eigenvalue weighted by atomic mass is 9.89. The molecule has 7 heteroatoms. The zero-order chi connectivity index (χ0) is 22.2. The Bertz CT molecular complexity index is 1060. The van der Waals surface area contributed by atoms with E-state index in [1.165, 1.54) is 11.1 Å². The second-order valence-corrected chi connectivity index (χ2v) is 9.43. The van der Waals surface area contributed by atoms with E-state index >= 15 is 0 Å². The van der Waals surface area contributed by atoms with E-state index in [0.29, 0.717) is 24.4 Å². The van der Waals surface area contributed by atoms with E-state index in [1.807, 2.05) is 24.3 Å². The lowest BCUT2D eigenvalue weighted by Gasteiger charge is -2.32. The first-order valence-corrected chi connectivity index (χ1v) is 11.6. The van der Waals surface area contributed by atoms with E-state index in [1.54, 1.807) is 4.90 Å². The van der Waals surface area contributed by atoms with Gasteiger partial charge in [0.05, 0.1) is 0 Å². The Labute approximate surface area is 192 Å². The number of benzene rings is 2. The molecule has 0 aliphatic carbocycles. The second kappa shape index (κ2) is 8.68. The molecule has 1 unspecified atom stereocenters. The quantitative estimate of drug-likeness (QED) is 0.722. The van der Waals surface area contributed by atoms with Crippen LogP contribution < -0.4 is 5.32 Å². The van der Waals surface area contributed by atoms with Gasteiger partial charge < -0.3 is 4.90 Å². The van der Waals surface area contributed by atoms with Crippen LogP contribution in [0.15, 0.2) is 42.5 Å². The Balaban J connectivity index is 1.21. The molecule has 3 amide bonds. The highest BCUT2D eigenvalue weighted by atomic mass is 35.5. The molecule has 0 aromatic heterocycles. The molecule has 5 rings (SSSR count). The number of imide groups is 1. The summed E-state index contributed by atoms with van der Waals surface area (Å²) in [5, 5.41) is 3.13. The van der Waals surface area contributed by atoms with Gasteiger partial charge in [0.15, 0.2) is 0 Å². The molecule has 6 nitrogen and oxygen atoms in total. The van der Waals surface area contributed by atoms with Crippen molar-refractivity contribution in [1.29, 1.82) is 0 Å². The highest BCUT2D eigenvalue weighted by Crippen LogP contribution is 2.31. The normalized spacial score (nSPS) is 22.2. The third-order valence-electron chi connectivity index (χ3n) is 6.92. The average molecular weight is 452 g/mol. The maximum Gasteiger partial charge on any atom is 0.255 e. The molecular weight excluding hydrogens is 426 g/mol. The maximum atomic E-state index is 12.9. The summed E-state index contributed by atoms with van der Waals surface area (Å²) in [6, 6.07) is 13.6. The molecule has 3 aliphatic heterocycles. The molecule has 2 fully saturated rings. The lowest BCUT2D eigenvalue weighted by molar-refractivity contribution is -0.136. The van der Waals surface area contributed by atoms with Gasteiger partial charge in [-0.25, -0.2) is 0 Å². The number of nitrogens with one attached hydrogen (secondary N) is 1. The largest absolute Gasteiger partial charge is 0.322 e. The molecule has 2 saturated heterocycles. The van der Waals surface area contributed by atoms with Crippen LogP contribution in [0.4, 0.5) is 0 Å². The number of hydrogen-bond donors (Lipinski definition) is 1. The average Bonchev–Trinajstić information content (AvgIpc) is 3.10. The van der Waals surface area contributed by atoms with Crippen LogP contribution in [-0.4, -0.2) is 46.7 Å². The Kier molecular flexibility index (Phi) is 5.74. The van der Waals surface area contributed by atoms with Crippen molar-refractivity contribution in [2.24, 2.45) is 0 Å². The van der Waals surface area contributed by atoms with Gasteiger partial charge in [0.25, 0.3) is 5.91 Å². The third-order valence-corrected chi connectivity index (χ3v) is 7.18.